The number of aromatic nitrogens is 2. The number of para-hydroxylation sites is 3. The predicted octanol–water partition coefficient (Wildman–Crippen LogP) is 3.09. The molecule has 0 spiro atoms. The number of nitrogens with two attached hydrogens (primary N) is 1. The lowest BCUT2D eigenvalue weighted by atomic mass is 10.1. The number of nitrogens with zero attached hydrogens (tertiary/aromatic N) is 2. The zero-order chi connectivity index (χ0) is 24.4. The van der Waals surface area contributed by atoms with Crippen LogP contribution in [0.1, 0.15) is 21.7 Å². The number of nitrogens with one attached hydrogen (secondary N) is 4. The zero-order valence-corrected chi connectivity index (χ0v) is 19.3. The molecule has 0 saturated carbocycles. The first kappa shape index (κ1) is 22.3. The van der Waals surface area contributed by atoms with Crippen LogP contribution in [0, 0.1) is 5.41 Å². The van der Waals surface area contributed by atoms with Crippen LogP contribution < -0.4 is 26.0 Å². The second-order valence-electron chi connectivity index (χ2n) is 8.36. The molecule has 1 aliphatic heterocycles. The van der Waals surface area contributed by atoms with E-state index in [1.807, 2.05) is 54.6 Å². The standard InChI is InChI=1S/C26H27N7O2/c1-35-22-9-5-2-6-17(22)26(34)29-12-13-33-21-14-16(25(27)28)10-11-20(21)32-24(33)15-23-30-18-7-3-4-8-19(18)31-23/h2-11,14,24,32H,12-13,15H2,1H3,(H3,27,28)(H,29,34)(H,30,31). The highest BCUT2D eigenvalue weighted by atomic mass is 16.5. The molecule has 3 aromatic carbocycles. The lowest BCUT2D eigenvalue weighted by Gasteiger charge is -2.27. The number of fused-ring (bicyclic) bond motifs is 2. The van der Waals surface area contributed by atoms with Crippen molar-refractivity contribution in [3.8, 4) is 5.75 Å². The molecule has 35 heavy (non-hydrogen) atoms. The van der Waals surface area contributed by atoms with Crippen molar-refractivity contribution >= 4 is 34.2 Å². The van der Waals surface area contributed by atoms with Crippen LogP contribution >= 0.6 is 0 Å². The summed E-state index contributed by atoms with van der Waals surface area (Å²) >= 11 is 0. The third kappa shape index (κ3) is 4.48. The van der Waals surface area contributed by atoms with Gasteiger partial charge in [-0.05, 0) is 42.5 Å². The summed E-state index contributed by atoms with van der Waals surface area (Å²) in [5.74, 6) is 1.22. The van der Waals surface area contributed by atoms with E-state index < -0.39 is 0 Å². The maximum Gasteiger partial charge on any atom is 0.255 e. The number of hydrogen-bond donors (Lipinski definition) is 5. The highest BCUT2D eigenvalue weighted by molar-refractivity contribution is 5.98. The molecule has 0 aliphatic carbocycles. The smallest absolute Gasteiger partial charge is 0.255 e. The average Bonchev–Trinajstić information content (AvgIpc) is 3.44. The molecule has 1 amide bonds. The van der Waals surface area contributed by atoms with Gasteiger partial charge in [0.2, 0.25) is 0 Å². The van der Waals surface area contributed by atoms with Crippen molar-refractivity contribution in [3.05, 3.63) is 83.7 Å². The van der Waals surface area contributed by atoms with Gasteiger partial charge in [-0.3, -0.25) is 10.2 Å². The minimum atomic E-state index is -0.193. The number of methoxy groups -OCH3 is 1. The summed E-state index contributed by atoms with van der Waals surface area (Å²) in [4.78, 5) is 23.1. The Morgan fingerprint density at radius 3 is 2.77 bits per heavy atom. The van der Waals surface area contributed by atoms with E-state index in [9.17, 15) is 4.79 Å². The Balaban J connectivity index is 1.35. The van der Waals surface area contributed by atoms with Gasteiger partial charge in [-0.25, -0.2) is 4.98 Å². The van der Waals surface area contributed by atoms with Crippen molar-refractivity contribution in [2.45, 2.75) is 12.6 Å². The predicted molar refractivity (Wildman–Crippen MR) is 137 cm³/mol. The maximum absolute atomic E-state index is 12.8. The quantitative estimate of drug-likeness (QED) is 0.199. The van der Waals surface area contributed by atoms with Crippen LogP contribution in [0.25, 0.3) is 11.0 Å². The minimum absolute atomic E-state index is 0.0120. The molecular weight excluding hydrogens is 442 g/mol. The van der Waals surface area contributed by atoms with Crippen molar-refractivity contribution in [2.75, 3.05) is 30.4 Å². The summed E-state index contributed by atoms with van der Waals surface area (Å²) in [7, 11) is 1.55. The number of ether oxygens (including phenoxy) is 1. The number of hydrogen-bond acceptors (Lipinski definition) is 6. The normalized spacial score (nSPS) is 14.4. The molecule has 0 saturated heterocycles. The SMILES string of the molecule is COc1ccccc1C(=O)NCCN1c2cc(C(=N)N)ccc2NC1Cc1nc2ccccc2[nH]1. The maximum atomic E-state index is 12.8. The Morgan fingerprint density at radius 1 is 1.17 bits per heavy atom. The summed E-state index contributed by atoms with van der Waals surface area (Å²) in [6.45, 7) is 0.964. The number of H-pyrrole nitrogens is 1. The Labute approximate surface area is 202 Å². The van der Waals surface area contributed by atoms with Crippen molar-refractivity contribution < 1.29 is 9.53 Å². The summed E-state index contributed by atoms with van der Waals surface area (Å²) in [5.41, 5.74) is 10.7. The molecule has 0 bridgehead atoms. The van der Waals surface area contributed by atoms with E-state index >= 15 is 0 Å². The number of nitrogen functional groups attached to an aromatic ring is 1. The molecule has 5 rings (SSSR count). The largest absolute Gasteiger partial charge is 0.496 e. The van der Waals surface area contributed by atoms with Gasteiger partial charge in [0.05, 0.1) is 35.1 Å². The van der Waals surface area contributed by atoms with Crippen LogP contribution in [0.15, 0.2) is 66.7 Å². The van der Waals surface area contributed by atoms with Gasteiger partial charge in [-0.1, -0.05) is 24.3 Å². The lowest BCUT2D eigenvalue weighted by Crippen LogP contribution is -2.42. The summed E-state index contributed by atoms with van der Waals surface area (Å²) < 4.78 is 5.31. The van der Waals surface area contributed by atoms with Crippen LogP contribution in [0.4, 0.5) is 11.4 Å². The van der Waals surface area contributed by atoms with Crippen LogP contribution in [-0.4, -0.2) is 48.1 Å². The lowest BCUT2D eigenvalue weighted by molar-refractivity contribution is 0.0951. The highest BCUT2D eigenvalue weighted by Gasteiger charge is 2.30. The van der Waals surface area contributed by atoms with E-state index in [1.54, 1.807) is 19.2 Å². The molecule has 0 fully saturated rings. The van der Waals surface area contributed by atoms with Crippen LogP contribution in [-0.2, 0) is 6.42 Å². The number of amides is 1. The van der Waals surface area contributed by atoms with E-state index in [4.69, 9.17) is 20.9 Å². The fraction of sp³-hybridized carbons (Fsp3) is 0.192. The third-order valence-corrected chi connectivity index (χ3v) is 6.13. The summed E-state index contributed by atoms with van der Waals surface area (Å²) in [6, 6.07) is 20.8. The van der Waals surface area contributed by atoms with Gasteiger partial charge in [0.15, 0.2) is 0 Å². The van der Waals surface area contributed by atoms with Crippen molar-refractivity contribution in [2.24, 2.45) is 5.73 Å². The van der Waals surface area contributed by atoms with Gasteiger partial charge in [0, 0.05) is 25.1 Å². The second-order valence-corrected chi connectivity index (χ2v) is 8.36. The zero-order valence-electron chi connectivity index (χ0n) is 19.3. The topological polar surface area (TPSA) is 132 Å². The van der Waals surface area contributed by atoms with Crippen LogP contribution in [0.2, 0.25) is 0 Å². The van der Waals surface area contributed by atoms with E-state index in [0.717, 1.165) is 28.2 Å². The first-order valence-corrected chi connectivity index (χ1v) is 11.4. The first-order chi connectivity index (χ1) is 17.0. The number of amidine groups is 1. The van der Waals surface area contributed by atoms with Crippen LogP contribution in [0.3, 0.4) is 0 Å². The molecule has 9 nitrogen and oxygen atoms in total. The molecule has 1 atom stereocenters. The summed E-state index contributed by atoms with van der Waals surface area (Å²) in [5, 5.41) is 14.4. The Morgan fingerprint density at radius 2 is 1.97 bits per heavy atom. The minimum Gasteiger partial charge on any atom is -0.496 e. The van der Waals surface area contributed by atoms with Gasteiger partial charge in [-0.2, -0.15) is 0 Å². The van der Waals surface area contributed by atoms with Crippen molar-refractivity contribution in [1.82, 2.24) is 15.3 Å². The molecule has 1 unspecified atom stereocenters. The highest BCUT2D eigenvalue weighted by Crippen LogP contribution is 2.36. The van der Waals surface area contributed by atoms with Gasteiger partial charge >= 0.3 is 0 Å². The van der Waals surface area contributed by atoms with Crippen molar-refractivity contribution in [1.29, 1.82) is 5.41 Å². The molecule has 178 valence electrons. The van der Waals surface area contributed by atoms with Gasteiger partial charge in [-0.15, -0.1) is 0 Å². The number of benzene rings is 3. The Hall–Kier alpha value is -4.53. The number of carbonyl (C=O) groups excluding carboxylic acids is 1. The molecule has 0 radical (unpaired) electrons. The molecule has 2 heterocycles. The average molecular weight is 470 g/mol. The number of anilines is 2. The van der Waals surface area contributed by atoms with E-state index in [2.05, 4.69) is 20.5 Å². The molecule has 9 heteroatoms. The monoisotopic (exact) mass is 469 g/mol. The van der Waals surface area contributed by atoms with Gasteiger partial charge < -0.3 is 31.0 Å². The Kier molecular flexibility index (Phi) is 5.97. The second kappa shape index (κ2) is 9.38. The van der Waals surface area contributed by atoms with Gasteiger partial charge in [0.1, 0.15) is 23.6 Å². The molecule has 6 N–H and O–H groups in total. The van der Waals surface area contributed by atoms with Crippen LogP contribution in [0.5, 0.6) is 5.75 Å². The van der Waals surface area contributed by atoms with Gasteiger partial charge in [0.25, 0.3) is 5.91 Å². The number of carbonyl (C=O) groups is 1. The first-order valence-electron chi connectivity index (χ1n) is 11.4. The number of aromatic amines is 1. The fourth-order valence-electron chi connectivity index (χ4n) is 4.42. The molecule has 4 aromatic rings. The van der Waals surface area contributed by atoms with Crippen molar-refractivity contribution in [3.63, 3.8) is 0 Å². The van der Waals surface area contributed by atoms with E-state index in [0.29, 0.717) is 36.4 Å². The molecular formula is C26H27N7O2. The number of rotatable bonds is 8. The fourth-order valence-corrected chi connectivity index (χ4v) is 4.42. The summed E-state index contributed by atoms with van der Waals surface area (Å²) in [6.07, 6.45) is 0.537. The number of imidazole rings is 1. The molecule has 1 aromatic heterocycles. The third-order valence-electron chi connectivity index (χ3n) is 6.13. The Bertz CT molecular complexity index is 1360. The molecule has 1 aliphatic rings. The van der Waals surface area contributed by atoms with E-state index in [1.165, 1.54) is 0 Å². The van der Waals surface area contributed by atoms with E-state index in [-0.39, 0.29) is 17.9 Å².